The van der Waals surface area contributed by atoms with Crippen molar-refractivity contribution >= 4 is 38.9 Å². The number of anilines is 2. The van der Waals surface area contributed by atoms with E-state index in [0.717, 1.165) is 10.6 Å². The molecular formula is C21H21ClN4O5S. The summed E-state index contributed by atoms with van der Waals surface area (Å²) in [4.78, 5) is 26.1. The first-order valence-electron chi connectivity index (χ1n) is 9.66. The van der Waals surface area contributed by atoms with E-state index in [2.05, 4.69) is 5.32 Å². The lowest BCUT2D eigenvalue weighted by atomic mass is 10.2. The van der Waals surface area contributed by atoms with Gasteiger partial charge in [-0.1, -0.05) is 29.8 Å². The molecule has 1 aliphatic rings. The van der Waals surface area contributed by atoms with Crippen molar-refractivity contribution in [1.82, 2.24) is 9.36 Å². The highest BCUT2D eigenvalue weighted by Gasteiger charge is 2.36. The molecule has 0 fully saturated rings. The molecule has 3 aromatic rings. The number of benzene rings is 2. The molecule has 1 atom stereocenters. The number of sulfonamides is 1. The SMILES string of the molecule is Cc1c(NC(=O)[C@@H]2CN(S(C)(=O)=O)c3cc(Cl)ccc3O2)c(=O)n(-c2ccccc2)n1C. The summed E-state index contributed by atoms with van der Waals surface area (Å²) in [6.07, 6.45) is -0.125. The molecule has 4 rings (SSSR count). The Morgan fingerprint density at radius 1 is 1.19 bits per heavy atom. The van der Waals surface area contributed by atoms with Gasteiger partial charge in [0.15, 0.2) is 6.10 Å². The third kappa shape index (κ3) is 3.87. The van der Waals surface area contributed by atoms with Crippen LogP contribution in [-0.4, -0.2) is 42.6 Å². The zero-order valence-corrected chi connectivity index (χ0v) is 19.1. The van der Waals surface area contributed by atoms with Crippen LogP contribution in [0.1, 0.15) is 5.69 Å². The van der Waals surface area contributed by atoms with E-state index in [9.17, 15) is 18.0 Å². The summed E-state index contributed by atoms with van der Waals surface area (Å²) < 4.78 is 34.6. The monoisotopic (exact) mass is 476 g/mol. The van der Waals surface area contributed by atoms with Crippen LogP contribution in [0.2, 0.25) is 5.02 Å². The molecule has 11 heteroatoms. The average Bonchev–Trinajstić information content (AvgIpc) is 2.96. The first-order chi connectivity index (χ1) is 15.1. The van der Waals surface area contributed by atoms with E-state index >= 15 is 0 Å². The largest absolute Gasteiger partial charge is 0.476 e. The second-order valence-corrected chi connectivity index (χ2v) is 9.78. The van der Waals surface area contributed by atoms with Crippen LogP contribution in [0.3, 0.4) is 0 Å². The Kier molecular flexibility index (Phi) is 5.51. The second kappa shape index (κ2) is 8.03. The van der Waals surface area contributed by atoms with Crippen molar-refractivity contribution in [1.29, 1.82) is 0 Å². The number of carbonyl (C=O) groups is 1. The number of ether oxygens (including phenoxy) is 1. The van der Waals surface area contributed by atoms with E-state index in [1.165, 1.54) is 16.8 Å². The summed E-state index contributed by atoms with van der Waals surface area (Å²) >= 11 is 6.01. The molecule has 32 heavy (non-hydrogen) atoms. The van der Waals surface area contributed by atoms with Crippen LogP contribution in [0.4, 0.5) is 11.4 Å². The Labute approximate surface area is 189 Å². The van der Waals surface area contributed by atoms with E-state index < -0.39 is 27.6 Å². The van der Waals surface area contributed by atoms with Gasteiger partial charge in [-0.3, -0.25) is 18.6 Å². The standard InChI is InChI=1S/C21H21ClN4O5S/c1-13-19(21(28)26(24(13)2)15-7-5-4-6-8-15)23-20(27)18-12-25(32(3,29)30)16-11-14(22)9-10-17(16)31-18/h4-11,18H,12H2,1-3H3,(H,23,27)/t18-/m0/s1. The van der Waals surface area contributed by atoms with E-state index in [1.807, 2.05) is 18.2 Å². The summed E-state index contributed by atoms with van der Waals surface area (Å²) in [5, 5.41) is 2.97. The molecular weight excluding hydrogens is 456 g/mol. The Hall–Kier alpha value is -3.24. The van der Waals surface area contributed by atoms with Crippen molar-refractivity contribution in [3.8, 4) is 11.4 Å². The number of fused-ring (bicyclic) bond motifs is 1. The number of carbonyl (C=O) groups excluding carboxylic acids is 1. The van der Waals surface area contributed by atoms with Gasteiger partial charge in [0.2, 0.25) is 10.0 Å². The minimum atomic E-state index is -3.71. The quantitative estimate of drug-likeness (QED) is 0.622. The molecule has 0 saturated carbocycles. The van der Waals surface area contributed by atoms with Crippen molar-refractivity contribution in [2.24, 2.45) is 7.05 Å². The van der Waals surface area contributed by atoms with Crippen molar-refractivity contribution in [3.63, 3.8) is 0 Å². The van der Waals surface area contributed by atoms with Gasteiger partial charge < -0.3 is 10.1 Å². The van der Waals surface area contributed by atoms with Crippen molar-refractivity contribution in [2.45, 2.75) is 13.0 Å². The number of para-hydroxylation sites is 1. The van der Waals surface area contributed by atoms with Crippen LogP contribution in [0, 0.1) is 6.92 Å². The van der Waals surface area contributed by atoms with Crippen LogP contribution in [-0.2, 0) is 21.9 Å². The van der Waals surface area contributed by atoms with Gasteiger partial charge in [0.1, 0.15) is 11.4 Å². The molecule has 1 aromatic heterocycles. The summed E-state index contributed by atoms with van der Waals surface area (Å²) in [6.45, 7) is 1.45. The first-order valence-corrected chi connectivity index (χ1v) is 11.9. The van der Waals surface area contributed by atoms with Crippen molar-refractivity contribution in [2.75, 3.05) is 22.4 Å². The van der Waals surface area contributed by atoms with Crippen LogP contribution in [0.15, 0.2) is 53.3 Å². The molecule has 0 radical (unpaired) electrons. The van der Waals surface area contributed by atoms with Gasteiger partial charge in [0.25, 0.3) is 11.5 Å². The zero-order valence-electron chi connectivity index (χ0n) is 17.6. The predicted molar refractivity (Wildman–Crippen MR) is 122 cm³/mol. The van der Waals surface area contributed by atoms with Crippen LogP contribution < -0.4 is 19.9 Å². The molecule has 0 spiro atoms. The van der Waals surface area contributed by atoms with Gasteiger partial charge in [0.05, 0.1) is 29.9 Å². The third-order valence-electron chi connectivity index (χ3n) is 5.29. The lowest BCUT2D eigenvalue weighted by molar-refractivity contribution is -0.122. The fourth-order valence-electron chi connectivity index (χ4n) is 3.59. The van der Waals surface area contributed by atoms with Gasteiger partial charge in [-0.15, -0.1) is 0 Å². The molecule has 1 amide bonds. The number of amides is 1. The Morgan fingerprint density at radius 2 is 1.88 bits per heavy atom. The van der Waals surface area contributed by atoms with Crippen molar-refractivity contribution in [3.05, 3.63) is 69.6 Å². The number of halogens is 1. The fraction of sp³-hybridized carbons (Fsp3) is 0.238. The molecule has 2 heterocycles. The lowest BCUT2D eigenvalue weighted by Crippen LogP contribution is -2.48. The van der Waals surface area contributed by atoms with Crippen LogP contribution in [0.5, 0.6) is 5.75 Å². The highest BCUT2D eigenvalue weighted by atomic mass is 35.5. The number of nitrogens with one attached hydrogen (secondary N) is 1. The Morgan fingerprint density at radius 3 is 2.53 bits per heavy atom. The predicted octanol–water partition coefficient (Wildman–Crippen LogP) is 2.30. The minimum Gasteiger partial charge on any atom is -0.476 e. The zero-order chi connectivity index (χ0) is 23.2. The maximum Gasteiger partial charge on any atom is 0.295 e. The molecule has 9 nitrogen and oxygen atoms in total. The minimum absolute atomic E-state index is 0.0951. The Balaban J connectivity index is 1.67. The summed E-state index contributed by atoms with van der Waals surface area (Å²) in [6, 6.07) is 13.5. The normalized spacial score (nSPS) is 15.8. The molecule has 0 saturated heterocycles. The number of hydrogen-bond acceptors (Lipinski definition) is 5. The molecule has 1 N–H and O–H groups in total. The van der Waals surface area contributed by atoms with Crippen LogP contribution >= 0.6 is 11.6 Å². The number of aromatic nitrogens is 2. The number of nitrogens with zero attached hydrogens (tertiary/aromatic N) is 3. The first kappa shape index (κ1) is 22.0. The topological polar surface area (TPSA) is 103 Å². The van der Waals surface area contributed by atoms with Gasteiger partial charge in [-0.05, 0) is 37.3 Å². The number of rotatable bonds is 4. The molecule has 1 aliphatic heterocycles. The van der Waals surface area contributed by atoms with Gasteiger partial charge in [-0.25, -0.2) is 13.1 Å². The Bertz CT molecular complexity index is 1360. The highest BCUT2D eigenvalue weighted by Crippen LogP contribution is 2.37. The molecule has 0 bridgehead atoms. The maximum atomic E-state index is 13.1. The highest BCUT2D eigenvalue weighted by molar-refractivity contribution is 7.92. The summed E-state index contributed by atoms with van der Waals surface area (Å²) in [5.74, 6) is -0.428. The molecule has 168 valence electrons. The van der Waals surface area contributed by atoms with E-state index in [0.29, 0.717) is 16.4 Å². The van der Waals surface area contributed by atoms with E-state index in [4.69, 9.17) is 16.3 Å². The van der Waals surface area contributed by atoms with Gasteiger partial charge in [-0.2, -0.15) is 0 Å². The molecule has 0 aliphatic carbocycles. The second-order valence-electron chi connectivity index (χ2n) is 7.44. The number of hydrogen-bond donors (Lipinski definition) is 1. The van der Waals surface area contributed by atoms with Crippen molar-refractivity contribution < 1.29 is 17.9 Å². The molecule has 0 unspecified atom stereocenters. The van der Waals surface area contributed by atoms with E-state index in [1.54, 1.807) is 36.9 Å². The fourth-order valence-corrected chi connectivity index (χ4v) is 4.66. The van der Waals surface area contributed by atoms with E-state index in [-0.39, 0.29) is 23.7 Å². The molecule has 2 aromatic carbocycles. The summed E-state index contributed by atoms with van der Waals surface area (Å²) in [7, 11) is -2.00. The summed E-state index contributed by atoms with van der Waals surface area (Å²) in [5.41, 5.74) is 1.12. The maximum absolute atomic E-state index is 13.1. The van der Waals surface area contributed by atoms with Gasteiger partial charge in [0, 0.05) is 12.1 Å². The van der Waals surface area contributed by atoms with Crippen LogP contribution in [0.25, 0.3) is 5.69 Å². The lowest BCUT2D eigenvalue weighted by Gasteiger charge is -2.33. The third-order valence-corrected chi connectivity index (χ3v) is 6.67. The smallest absolute Gasteiger partial charge is 0.295 e. The van der Waals surface area contributed by atoms with Gasteiger partial charge >= 0.3 is 0 Å². The average molecular weight is 477 g/mol.